The van der Waals surface area contributed by atoms with Crippen molar-refractivity contribution in [2.24, 2.45) is 10.3 Å². The van der Waals surface area contributed by atoms with Gasteiger partial charge >= 0.3 is 0 Å². The lowest BCUT2D eigenvalue weighted by atomic mass is 10.1. The fraction of sp³-hybridized carbons (Fsp3) is 0.333. The van der Waals surface area contributed by atoms with Crippen LogP contribution in [0.3, 0.4) is 0 Å². The second-order valence-corrected chi connectivity index (χ2v) is 6.78. The van der Waals surface area contributed by atoms with Crippen molar-refractivity contribution in [2.75, 3.05) is 6.61 Å². The van der Waals surface area contributed by atoms with E-state index in [1.54, 1.807) is 0 Å². The quantitative estimate of drug-likeness (QED) is 0.632. The minimum atomic E-state index is -4.05. The molecule has 0 unspecified atom stereocenters. The van der Waals surface area contributed by atoms with Crippen molar-refractivity contribution in [3.05, 3.63) is 23.8 Å². The largest absolute Gasteiger partial charge is 0.396 e. The van der Waals surface area contributed by atoms with Crippen LogP contribution in [0.1, 0.15) is 12.0 Å². The van der Waals surface area contributed by atoms with Crippen molar-refractivity contribution in [2.45, 2.75) is 22.6 Å². The number of benzene rings is 1. The number of hydrogen-bond acceptors (Lipinski definition) is 5. The first kappa shape index (κ1) is 15.1. The van der Waals surface area contributed by atoms with Gasteiger partial charge in [-0.25, -0.2) is 27.1 Å². The zero-order valence-electron chi connectivity index (χ0n) is 9.40. The highest BCUT2D eigenvalue weighted by Crippen LogP contribution is 2.20. The average Bonchev–Trinajstić information content (AvgIpc) is 2.23. The van der Waals surface area contributed by atoms with Crippen LogP contribution in [0.25, 0.3) is 0 Å². The zero-order valence-corrected chi connectivity index (χ0v) is 11.0. The molecule has 0 heterocycles. The van der Waals surface area contributed by atoms with Crippen LogP contribution in [0.5, 0.6) is 0 Å². The van der Waals surface area contributed by atoms with Crippen LogP contribution in [0, 0.1) is 0 Å². The van der Waals surface area contributed by atoms with Gasteiger partial charge in [0.15, 0.2) is 0 Å². The third-order valence-electron chi connectivity index (χ3n) is 2.28. The number of sulfonamides is 2. The second kappa shape index (κ2) is 5.33. The molecule has 0 spiro atoms. The summed E-state index contributed by atoms with van der Waals surface area (Å²) in [6, 6.07) is 3.46. The van der Waals surface area contributed by atoms with Gasteiger partial charge in [0, 0.05) is 6.61 Å². The maximum atomic E-state index is 11.4. The Labute approximate surface area is 106 Å². The number of hydrogen-bond donors (Lipinski definition) is 3. The van der Waals surface area contributed by atoms with Crippen LogP contribution in [0.2, 0.25) is 0 Å². The average molecular weight is 294 g/mol. The third-order valence-corrected chi connectivity index (χ3v) is 4.18. The molecule has 9 heteroatoms. The highest BCUT2D eigenvalue weighted by molar-refractivity contribution is 7.90. The Hall–Kier alpha value is -1.00. The normalized spacial score (nSPS) is 12.6. The number of primary sulfonamides is 2. The molecule has 0 fully saturated rings. The summed E-state index contributed by atoms with van der Waals surface area (Å²) in [5, 5.41) is 18.6. The van der Waals surface area contributed by atoms with Crippen LogP contribution < -0.4 is 10.3 Å². The lowest BCUT2D eigenvalue weighted by Crippen LogP contribution is -2.18. The van der Waals surface area contributed by atoms with E-state index in [0.29, 0.717) is 12.0 Å². The van der Waals surface area contributed by atoms with Gasteiger partial charge < -0.3 is 5.11 Å². The first-order valence-electron chi connectivity index (χ1n) is 4.95. The van der Waals surface area contributed by atoms with Gasteiger partial charge in [0.25, 0.3) is 0 Å². The summed E-state index contributed by atoms with van der Waals surface area (Å²) in [6.45, 7) is -0.110. The molecule has 0 saturated carbocycles. The van der Waals surface area contributed by atoms with Crippen molar-refractivity contribution >= 4 is 20.0 Å². The van der Waals surface area contributed by atoms with Crippen LogP contribution in [0.4, 0.5) is 0 Å². The Morgan fingerprint density at radius 2 is 1.67 bits per heavy atom. The van der Waals surface area contributed by atoms with Crippen molar-refractivity contribution in [3.8, 4) is 0 Å². The molecule has 0 amide bonds. The lowest BCUT2D eigenvalue weighted by Gasteiger charge is -2.08. The number of aryl methyl sites for hydroxylation is 1. The molecule has 5 N–H and O–H groups in total. The van der Waals surface area contributed by atoms with Gasteiger partial charge in [-0.1, -0.05) is 6.07 Å². The number of nitrogens with two attached hydrogens (primary N) is 2. The van der Waals surface area contributed by atoms with Crippen molar-refractivity contribution in [1.82, 2.24) is 0 Å². The predicted octanol–water partition coefficient (Wildman–Crippen LogP) is -1.09. The van der Waals surface area contributed by atoms with Crippen molar-refractivity contribution < 1.29 is 21.9 Å². The summed E-state index contributed by atoms with van der Waals surface area (Å²) in [4.78, 5) is -0.609. The molecular formula is C9H14N2O5S2. The molecule has 0 atom stereocenters. The molecule has 1 rings (SSSR count). The maximum absolute atomic E-state index is 11.4. The Bertz CT molecular complexity index is 637. The summed E-state index contributed by atoms with van der Waals surface area (Å²) in [7, 11) is -8.04. The summed E-state index contributed by atoms with van der Waals surface area (Å²) >= 11 is 0. The minimum Gasteiger partial charge on any atom is -0.396 e. The van der Waals surface area contributed by atoms with E-state index in [1.807, 2.05) is 0 Å². The molecule has 7 nitrogen and oxygen atoms in total. The Balaban J connectivity index is 3.40. The van der Waals surface area contributed by atoms with Crippen molar-refractivity contribution in [1.29, 1.82) is 0 Å². The summed E-state index contributed by atoms with van der Waals surface area (Å²) in [5.74, 6) is 0. The molecule has 0 aromatic heterocycles. The molecule has 1 aromatic rings. The molecule has 1 aromatic carbocycles. The summed E-state index contributed by atoms with van der Waals surface area (Å²) in [5.41, 5.74) is 0.346. The van der Waals surface area contributed by atoms with Gasteiger partial charge in [-0.15, -0.1) is 0 Å². The summed E-state index contributed by atoms with van der Waals surface area (Å²) in [6.07, 6.45) is 0.615. The SMILES string of the molecule is NS(=O)(=O)c1ccc(CCCO)c(S(N)(=O)=O)c1. The highest BCUT2D eigenvalue weighted by Gasteiger charge is 2.18. The predicted molar refractivity (Wildman–Crippen MR) is 64.6 cm³/mol. The highest BCUT2D eigenvalue weighted by atomic mass is 32.2. The van der Waals surface area contributed by atoms with E-state index in [2.05, 4.69) is 0 Å². The van der Waals surface area contributed by atoms with E-state index in [1.165, 1.54) is 12.1 Å². The second-order valence-electron chi connectivity index (χ2n) is 3.69. The van der Waals surface area contributed by atoms with E-state index in [-0.39, 0.29) is 22.8 Å². The fourth-order valence-electron chi connectivity index (χ4n) is 1.45. The van der Waals surface area contributed by atoms with Gasteiger partial charge in [0.1, 0.15) is 0 Å². The Kier molecular flexibility index (Phi) is 4.46. The van der Waals surface area contributed by atoms with Gasteiger partial charge in [0.2, 0.25) is 20.0 Å². The Morgan fingerprint density at radius 1 is 1.06 bits per heavy atom. The first-order chi connectivity index (χ1) is 8.16. The van der Waals surface area contributed by atoms with Crippen LogP contribution in [-0.4, -0.2) is 28.5 Å². The number of rotatable bonds is 5. The number of aliphatic hydroxyl groups excluding tert-OH is 1. The van der Waals surface area contributed by atoms with E-state index < -0.39 is 20.0 Å². The molecule has 0 bridgehead atoms. The standard InChI is InChI=1S/C9H14N2O5S2/c10-17(13,14)8-4-3-7(2-1-5-12)9(6-8)18(11,15)16/h3-4,6,12H,1-2,5H2,(H2,10,13,14)(H2,11,15,16). The monoisotopic (exact) mass is 294 g/mol. The minimum absolute atomic E-state index is 0.110. The molecule has 18 heavy (non-hydrogen) atoms. The molecule has 102 valence electrons. The molecule has 0 aliphatic rings. The topological polar surface area (TPSA) is 141 Å². The Morgan fingerprint density at radius 3 is 2.11 bits per heavy atom. The zero-order chi connectivity index (χ0) is 14.0. The van der Waals surface area contributed by atoms with Crippen LogP contribution in [0.15, 0.2) is 28.0 Å². The summed E-state index contributed by atoms with van der Waals surface area (Å²) < 4.78 is 45.0. The van der Waals surface area contributed by atoms with Gasteiger partial charge in [0.05, 0.1) is 9.79 Å². The smallest absolute Gasteiger partial charge is 0.238 e. The van der Waals surface area contributed by atoms with E-state index in [9.17, 15) is 16.8 Å². The van der Waals surface area contributed by atoms with Gasteiger partial charge in [-0.2, -0.15) is 0 Å². The van der Waals surface area contributed by atoms with Gasteiger partial charge in [-0.05, 0) is 30.5 Å². The van der Waals surface area contributed by atoms with Crippen LogP contribution in [-0.2, 0) is 26.5 Å². The molecule has 0 radical (unpaired) electrons. The number of aliphatic hydroxyl groups is 1. The molecule has 0 saturated heterocycles. The molecular weight excluding hydrogens is 280 g/mol. The molecule has 0 aliphatic carbocycles. The van der Waals surface area contributed by atoms with E-state index >= 15 is 0 Å². The third kappa shape index (κ3) is 3.75. The fourth-order valence-corrected chi connectivity index (χ4v) is 2.89. The first-order valence-corrected chi connectivity index (χ1v) is 8.05. The van der Waals surface area contributed by atoms with Crippen molar-refractivity contribution in [3.63, 3.8) is 0 Å². The van der Waals surface area contributed by atoms with Crippen LogP contribution >= 0.6 is 0 Å². The molecule has 0 aliphatic heterocycles. The van der Waals surface area contributed by atoms with E-state index in [0.717, 1.165) is 6.07 Å². The van der Waals surface area contributed by atoms with E-state index in [4.69, 9.17) is 15.4 Å². The van der Waals surface area contributed by atoms with Gasteiger partial charge in [-0.3, -0.25) is 0 Å². The lowest BCUT2D eigenvalue weighted by molar-refractivity contribution is 0.288. The maximum Gasteiger partial charge on any atom is 0.238 e.